The van der Waals surface area contributed by atoms with Crippen molar-refractivity contribution in [2.45, 2.75) is 56.2 Å². The lowest BCUT2D eigenvalue weighted by atomic mass is 9.78. The Morgan fingerprint density at radius 1 is 1.27 bits per heavy atom. The predicted octanol–water partition coefficient (Wildman–Crippen LogP) is 4.12. The van der Waals surface area contributed by atoms with E-state index in [4.69, 9.17) is 4.74 Å². The van der Waals surface area contributed by atoms with Gasteiger partial charge in [-0.2, -0.15) is 0 Å². The maximum atomic E-state index is 12.4. The molecule has 1 N–H and O–H groups in total. The third-order valence-electron chi connectivity index (χ3n) is 4.78. The first kappa shape index (κ1) is 17.2. The molecule has 122 valence electrons. The maximum Gasteiger partial charge on any atom is 0.233 e. The Morgan fingerprint density at radius 3 is 2.59 bits per heavy atom. The summed E-state index contributed by atoms with van der Waals surface area (Å²) in [7, 11) is 1.66. The van der Waals surface area contributed by atoms with E-state index in [2.05, 4.69) is 19.2 Å². The molecule has 0 spiro atoms. The van der Waals surface area contributed by atoms with Crippen LogP contribution in [0.5, 0.6) is 5.75 Å². The highest BCUT2D eigenvalue weighted by molar-refractivity contribution is 8.00. The number of thioether (sulfide) groups is 1. The summed E-state index contributed by atoms with van der Waals surface area (Å²) >= 11 is 1.59. The highest BCUT2D eigenvalue weighted by Crippen LogP contribution is 2.30. The van der Waals surface area contributed by atoms with E-state index in [1.54, 1.807) is 18.9 Å². The summed E-state index contributed by atoms with van der Waals surface area (Å²) < 4.78 is 5.16. The van der Waals surface area contributed by atoms with E-state index in [0.717, 1.165) is 17.1 Å². The number of benzene rings is 1. The van der Waals surface area contributed by atoms with Gasteiger partial charge >= 0.3 is 0 Å². The zero-order valence-corrected chi connectivity index (χ0v) is 14.8. The Bertz CT molecular complexity index is 488. The largest absolute Gasteiger partial charge is 0.497 e. The van der Waals surface area contributed by atoms with Crippen molar-refractivity contribution in [2.75, 3.05) is 7.11 Å². The Balaban J connectivity index is 1.88. The first-order chi connectivity index (χ1) is 10.5. The van der Waals surface area contributed by atoms with Gasteiger partial charge < -0.3 is 10.1 Å². The molecule has 1 saturated carbocycles. The smallest absolute Gasteiger partial charge is 0.233 e. The maximum absolute atomic E-state index is 12.4. The number of hydrogen-bond acceptors (Lipinski definition) is 3. The summed E-state index contributed by atoms with van der Waals surface area (Å²) in [5.41, 5.74) is 0. The third kappa shape index (κ3) is 4.42. The molecule has 0 aliphatic heterocycles. The second kappa shape index (κ2) is 7.91. The number of methoxy groups -OCH3 is 1. The molecule has 0 saturated heterocycles. The van der Waals surface area contributed by atoms with Gasteiger partial charge in [-0.15, -0.1) is 11.8 Å². The van der Waals surface area contributed by atoms with Crippen molar-refractivity contribution >= 4 is 17.7 Å². The van der Waals surface area contributed by atoms with Crippen molar-refractivity contribution in [1.82, 2.24) is 5.32 Å². The van der Waals surface area contributed by atoms with Crippen molar-refractivity contribution in [3.8, 4) is 5.75 Å². The van der Waals surface area contributed by atoms with Gasteiger partial charge in [-0.25, -0.2) is 0 Å². The molecule has 0 bridgehead atoms. The van der Waals surface area contributed by atoms with Gasteiger partial charge in [-0.1, -0.05) is 26.7 Å². The van der Waals surface area contributed by atoms with Crippen LogP contribution in [0, 0.1) is 11.8 Å². The van der Waals surface area contributed by atoms with E-state index in [1.807, 2.05) is 31.2 Å². The fourth-order valence-corrected chi connectivity index (χ4v) is 3.87. The zero-order valence-electron chi connectivity index (χ0n) is 14.0. The van der Waals surface area contributed by atoms with Crippen LogP contribution >= 0.6 is 11.8 Å². The molecule has 4 heteroatoms. The quantitative estimate of drug-likeness (QED) is 0.829. The van der Waals surface area contributed by atoms with Crippen LogP contribution in [0.15, 0.2) is 29.2 Å². The molecule has 1 aliphatic rings. The van der Waals surface area contributed by atoms with Gasteiger partial charge in [0.05, 0.1) is 12.4 Å². The van der Waals surface area contributed by atoms with E-state index in [9.17, 15) is 4.79 Å². The van der Waals surface area contributed by atoms with Gasteiger partial charge in [0.2, 0.25) is 5.91 Å². The number of amides is 1. The highest BCUT2D eigenvalue weighted by atomic mass is 32.2. The molecule has 0 aromatic heterocycles. The summed E-state index contributed by atoms with van der Waals surface area (Å²) in [5, 5.41) is 3.17. The second-order valence-electron chi connectivity index (χ2n) is 6.32. The molecule has 0 heterocycles. The average Bonchev–Trinajstić information content (AvgIpc) is 2.52. The normalized spacial score (nSPS) is 26.3. The fraction of sp³-hybridized carbons (Fsp3) is 0.611. The molecule has 1 aromatic carbocycles. The third-order valence-corrected chi connectivity index (χ3v) is 5.89. The van der Waals surface area contributed by atoms with Crippen LogP contribution in [-0.2, 0) is 4.79 Å². The zero-order chi connectivity index (χ0) is 16.1. The van der Waals surface area contributed by atoms with Crippen LogP contribution in [0.25, 0.3) is 0 Å². The van der Waals surface area contributed by atoms with Gasteiger partial charge in [0.15, 0.2) is 0 Å². The Labute approximate surface area is 138 Å². The standard InChI is InChI=1S/C18H27NO2S/c1-12-6-5-7-17(13(12)2)19-18(20)14(3)22-16-10-8-15(21-4)9-11-16/h8-14,17H,5-7H2,1-4H3,(H,19,20)/t12-,13-,14-,17-/m1/s1. The Morgan fingerprint density at radius 2 is 1.95 bits per heavy atom. The molecule has 4 atom stereocenters. The van der Waals surface area contributed by atoms with Gasteiger partial charge in [-0.05, 0) is 49.4 Å². The van der Waals surface area contributed by atoms with Crippen LogP contribution < -0.4 is 10.1 Å². The van der Waals surface area contributed by atoms with Crippen LogP contribution in [0.3, 0.4) is 0 Å². The number of nitrogens with one attached hydrogen (secondary N) is 1. The van der Waals surface area contributed by atoms with Crippen molar-refractivity contribution in [3.63, 3.8) is 0 Å². The van der Waals surface area contributed by atoms with Crippen molar-refractivity contribution in [3.05, 3.63) is 24.3 Å². The summed E-state index contributed by atoms with van der Waals surface area (Å²) in [6.07, 6.45) is 3.61. The summed E-state index contributed by atoms with van der Waals surface area (Å²) in [6, 6.07) is 8.18. The number of ether oxygens (including phenoxy) is 1. The Kier molecular flexibility index (Phi) is 6.18. The van der Waals surface area contributed by atoms with Crippen LogP contribution in [-0.4, -0.2) is 24.3 Å². The van der Waals surface area contributed by atoms with E-state index >= 15 is 0 Å². The fourth-order valence-electron chi connectivity index (χ4n) is 3.00. The van der Waals surface area contributed by atoms with Crippen molar-refractivity contribution in [2.24, 2.45) is 11.8 Å². The molecule has 22 heavy (non-hydrogen) atoms. The van der Waals surface area contributed by atoms with Crippen LogP contribution in [0.4, 0.5) is 0 Å². The molecule has 0 radical (unpaired) electrons. The molecule has 2 rings (SSSR count). The van der Waals surface area contributed by atoms with Crippen molar-refractivity contribution < 1.29 is 9.53 Å². The van der Waals surface area contributed by atoms with Gasteiger partial charge in [0.25, 0.3) is 0 Å². The summed E-state index contributed by atoms with van der Waals surface area (Å²) in [6.45, 7) is 6.52. The topological polar surface area (TPSA) is 38.3 Å². The lowest BCUT2D eigenvalue weighted by molar-refractivity contribution is -0.121. The minimum absolute atomic E-state index is 0.0853. The molecule has 3 nitrogen and oxygen atoms in total. The Hall–Kier alpha value is -1.16. The monoisotopic (exact) mass is 321 g/mol. The van der Waals surface area contributed by atoms with Gasteiger partial charge in [0, 0.05) is 10.9 Å². The molecule has 1 aliphatic carbocycles. The molecule has 0 unspecified atom stereocenters. The van der Waals surface area contributed by atoms with E-state index in [0.29, 0.717) is 17.9 Å². The lowest BCUT2D eigenvalue weighted by Crippen LogP contribution is -2.46. The number of rotatable bonds is 5. The first-order valence-electron chi connectivity index (χ1n) is 8.12. The number of carbonyl (C=O) groups excluding carboxylic acids is 1. The van der Waals surface area contributed by atoms with Gasteiger partial charge in [0.1, 0.15) is 5.75 Å². The average molecular weight is 321 g/mol. The summed E-state index contributed by atoms with van der Waals surface area (Å²) in [5.74, 6) is 2.25. The van der Waals surface area contributed by atoms with E-state index in [1.165, 1.54) is 12.8 Å². The SMILES string of the molecule is COc1ccc(S[C@H](C)C(=O)N[C@@H]2CCC[C@@H](C)[C@H]2C)cc1. The van der Waals surface area contributed by atoms with Gasteiger partial charge in [-0.3, -0.25) is 4.79 Å². The number of hydrogen-bond donors (Lipinski definition) is 1. The molecule has 1 fully saturated rings. The second-order valence-corrected chi connectivity index (χ2v) is 7.73. The highest BCUT2D eigenvalue weighted by Gasteiger charge is 2.29. The van der Waals surface area contributed by atoms with Crippen molar-refractivity contribution in [1.29, 1.82) is 0 Å². The van der Waals surface area contributed by atoms with Crippen LogP contribution in [0.1, 0.15) is 40.0 Å². The molecular formula is C18H27NO2S. The van der Waals surface area contributed by atoms with E-state index < -0.39 is 0 Å². The van der Waals surface area contributed by atoms with E-state index in [-0.39, 0.29) is 11.2 Å². The minimum Gasteiger partial charge on any atom is -0.497 e. The molecule has 1 aromatic rings. The predicted molar refractivity (Wildman–Crippen MR) is 92.4 cm³/mol. The first-order valence-corrected chi connectivity index (χ1v) is 9.00. The number of carbonyl (C=O) groups is 1. The van der Waals surface area contributed by atoms with Crippen LogP contribution in [0.2, 0.25) is 0 Å². The minimum atomic E-state index is -0.0853. The summed E-state index contributed by atoms with van der Waals surface area (Å²) in [4.78, 5) is 13.5. The lowest BCUT2D eigenvalue weighted by Gasteiger charge is -2.35. The molecular weight excluding hydrogens is 294 g/mol. The molecule has 1 amide bonds.